The Morgan fingerprint density at radius 1 is 0.379 bits per heavy atom. The predicted octanol–water partition coefficient (Wildman–Crippen LogP) is 28.0. The van der Waals surface area contributed by atoms with Gasteiger partial charge in [-0.3, -0.25) is 9.97 Å². The van der Waals surface area contributed by atoms with Gasteiger partial charge in [-0.25, -0.2) is 9.59 Å². The van der Waals surface area contributed by atoms with Crippen molar-refractivity contribution in [3.8, 4) is 0 Å². The Balaban J connectivity index is 0. The predicted molar refractivity (Wildman–Crippen MR) is 553 cm³/mol. The highest BCUT2D eigenvalue weighted by atomic mass is 16.6. The summed E-state index contributed by atoms with van der Waals surface area (Å²) in [7, 11) is 8.77. The molecule has 1 aliphatic heterocycles. The molecule has 0 unspecified atom stereocenters. The number of pyridine rings is 2. The number of carbonyl (C=O) groups excluding carboxylic acids is 2. The van der Waals surface area contributed by atoms with E-state index in [4.69, 9.17) is 52.1 Å². The van der Waals surface area contributed by atoms with Gasteiger partial charge in [-0.05, 0) is 233 Å². The molecule has 19 nitrogen and oxygen atoms in total. The molecule has 1 aromatic carbocycles. The van der Waals surface area contributed by atoms with Crippen LogP contribution in [0.1, 0.15) is 363 Å². The number of rotatable bonds is 37. The first-order valence-electron chi connectivity index (χ1n) is 51.5. The van der Waals surface area contributed by atoms with E-state index in [1.165, 1.54) is 81.9 Å². The topological polar surface area (TPSA) is 208 Å². The smallest absolute Gasteiger partial charge is 0.410 e. The molecule has 4 aliphatic carbocycles. The van der Waals surface area contributed by atoms with Crippen LogP contribution in [0.4, 0.5) is 9.59 Å². The maximum absolute atomic E-state index is 11.7. The minimum absolute atomic E-state index is 0.0909. The number of ether oxygens (including phenoxy) is 11. The van der Waals surface area contributed by atoms with Crippen LogP contribution in [0.25, 0.3) is 0 Å². The van der Waals surface area contributed by atoms with Gasteiger partial charge in [0, 0.05) is 80.3 Å². The van der Waals surface area contributed by atoms with E-state index >= 15 is 0 Å². The summed E-state index contributed by atoms with van der Waals surface area (Å²) in [5, 5.41) is 20.0. The normalized spacial score (nSPS) is 17.3. The van der Waals surface area contributed by atoms with Gasteiger partial charge < -0.3 is 72.1 Å². The molecule has 132 heavy (non-hydrogen) atoms. The SMILES string of the molecule is CC(C)[C@H](OC(=O)N(C)C)C1CCC1.CC(C)[C@H](OC(=O)N1CCC1)C1CCC1.CC(C)[C@H](OCc1ccccc1)C(C)(C)O.CC(C)[C@H](OCc1ccccn1)C(C)(C)O.CC(C)[C@H](OCc1cccnc1)C(C)(C)C.CCO[C@@H](C(C)C)C(C)(C)C.CCO[C@@H](C(C)C)C1CCC1.COCCO[C@@H](C(C)C)C(C)(C)C.CO[C@@H](C(C)C)C(C)(C)C.CO[C@@H](C(C)C)C1CCC1. The van der Waals surface area contributed by atoms with Gasteiger partial charge in [0.25, 0.3) is 0 Å². The van der Waals surface area contributed by atoms with Crippen LogP contribution in [0.15, 0.2) is 79.3 Å². The molecular formula is C113H212N4O15. The van der Waals surface area contributed by atoms with Crippen LogP contribution < -0.4 is 0 Å². The number of aliphatic hydroxyl groups is 2. The van der Waals surface area contributed by atoms with Crippen LogP contribution in [0, 0.1) is 105 Å². The van der Waals surface area contributed by atoms with Crippen molar-refractivity contribution in [1.29, 1.82) is 0 Å². The molecule has 2 amide bonds. The Kier molecular flexibility index (Phi) is 65.9. The van der Waals surface area contributed by atoms with E-state index in [1.54, 1.807) is 73.3 Å². The van der Waals surface area contributed by atoms with Crippen molar-refractivity contribution in [2.45, 2.75) is 439 Å². The van der Waals surface area contributed by atoms with E-state index in [9.17, 15) is 19.8 Å². The molecule has 10 atom stereocenters. The standard InChI is InChI=1S/C14H23NO.C14H22O2.C13H21NO2.C12H21NO2.C11H21NO2.C11H24O2.C10H20O.C10H22O.C9H18O.C9H20O/c1-11(2)13(14(3,4)5)16-10-12-7-6-8-15-9-12;1-11(2)13(14(3,4)15)16-10-12-8-6-5-7-9-12;1-10(2)12(13(3,4)15)16-9-11-7-5-6-8-14-11;1-9(2)11(10-5-3-6-10)15-12(14)13-7-4-8-13;1-8(2)10(9-6-5-7-9)14-11(13)12(3)4;1-9(2)10(11(3,4)5)13-8-7-12-6;1-4-11-10(8(2)3)9-6-5-7-9;1-7-11-9(8(2)3)10(4,5)6;1-7(2)9(10-3)8-5-4-6-8;1-7(2)8(10-6)9(3,4)5/h6-9,11,13H,10H2,1-5H3;5-9,11,13,15H,10H2,1-4H3;5-8,10,12,15H,9H2,1-4H3;9-11H,3-8H2,1-2H3;8-10H,5-7H2,1-4H3;9-10H,7-8H2,1-6H3;8-10H,4-7H2,1-3H3;8-9H,7H2,1-6H3;7-9H,4-6H2,1-3H3;7-8H,1-6H3/t2*13-;12-;11-;3*10-;2*9-;8-/m0000000000/s1. The van der Waals surface area contributed by atoms with E-state index in [1.807, 2.05) is 87.8 Å². The van der Waals surface area contributed by atoms with Crippen LogP contribution in [0.5, 0.6) is 0 Å². The summed E-state index contributed by atoms with van der Waals surface area (Å²) in [5.74, 6) is 8.05. The molecule has 8 rings (SSSR count). The molecule has 0 spiro atoms. The van der Waals surface area contributed by atoms with E-state index in [0.29, 0.717) is 129 Å². The zero-order valence-electron chi connectivity index (χ0n) is 93.4. The highest BCUT2D eigenvalue weighted by molar-refractivity contribution is 5.68. The highest BCUT2D eigenvalue weighted by Gasteiger charge is 2.39. The minimum atomic E-state index is -0.830. The van der Waals surface area contributed by atoms with Gasteiger partial charge in [0.1, 0.15) is 12.2 Å². The average Bonchev–Trinajstić information content (AvgIpc) is 0.841. The fourth-order valence-corrected chi connectivity index (χ4v) is 18.5. The number of methoxy groups -OCH3 is 3. The number of nitrogens with zero attached hydrogens (tertiary/aromatic N) is 4. The largest absolute Gasteiger partial charge is 0.446 e. The van der Waals surface area contributed by atoms with Gasteiger partial charge in [-0.2, -0.15) is 0 Å². The van der Waals surface area contributed by atoms with Crippen LogP contribution in [-0.4, -0.2) is 189 Å². The third kappa shape index (κ3) is 55.4. The van der Waals surface area contributed by atoms with Gasteiger partial charge in [0.2, 0.25) is 0 Å². The minimum Gasteiger partial charge on any atom is -0.446 e. The number of amides is 2. The lowest BCUT2D eigenvalue weighted by molar-refractivity contribution is -0.116. The van der Waals surface area contributed by atoms with Crippen LogP contribution in [-0.2, 0) is 71.9 Å². The molecule has 2 N–H and O–H groups in total. The zero-order valence-corrected chi connectivity index (χ0v) is 93.4. The molecule has 3 heterocycles. The second kappa shape index (κ2) is 67.1. The van der Waals surface area contributed by atoms with E-state index in [2.05, 4.69) is 232 Å². The van der Waals surface area contributed by atoms with Gasteiger partial charge in [0.05, 0.1) is 98.8 Å². The van der Waals surface area contributed by atoms with Gasteiger partial charge in [-0.1, -0.05) is 290 Å². The molecule has 0 bridgehead atoms. The summed E-state index contributed by atoms with van der Waals surface area (Å²) < 4.78 is 61.5. The summed E-state index contributed by atoms with van der Waals surface area (Å²) in [5.41, 5.74) is 2.45. The maximum Gasteiger partial charge on any atom is 0.410 e. The Labute approximate surface area is 813 Å². The Bertz CT molecular complexity index is 3080. The van der Waals surface area contributed by atoms with Crippen molar-refractivity contribution < 1.29 is 71.9 Å². The van der Waals surface area contributed by atoms with Crippen LogP contribution in [0.3, 0.4) is 0 Å². The number of hydrogen-bond donors (Lipinski definition) is 2. The third-order valence-corrected chi connectivity index (χ3v) is 24.9. The number of carbonyl (C=O) groups is 2. The van der Waals surface area contributed by atoms with Crippen LogP contribution in [0.2, 0.25) is 0 Å². The zero-order chi connectivity index (χ0) is 102. The molecule has 3 aromatic rings. The molecule has 774 valence electrons. The monoisotopic (exact) mass is 1870 g/mol. The molecule has 4 saturated carbocycles. The highest BCUT2D eigenvalue weighted by Crippen LogP contribution is 2.39. The molecule has 19 heteroatoms. The molecule has 0 radical (unpaired) electrons. The number of aromatic nitrogens is 2. The third-order valence-electron chi connectivity index (χ3n) is 24.9. The van der Waals surface area contributed by atoms with Crippen LogP contribution >= 0.6 is 0 Å². The first-order valence-corrected chi connectivity index (χ1v) is 51.5. The first-order chi connectivity index (χ1) is 61.1. The van der Waals surface area contributed by atoms with Gasteiger partial charge in [0.15, 0.2) is 0 Å². The Morgan fingerprint density at radius 3 is 1.02 bits per heavy atom. The van der Waals surface area contributed by atoms with Crippen molar-refractivity contribution in [1.82, 2.24) is 19.8 Å². The summed E-state index contributed by atoms with van der Waals surface area (Å²) >= 11 is 0. The summed E-state index contributed by atoms with van der Waals surface area (Å²) in [6.07, 6.45) is 24.4. The Hall–Kier alpha value is -4.38. The fourth-order valence-electron chi connectivity index (χ4n) is 18.5. The van der Waals surface area contributed by atoms with Crippen molar-refractivity contribution >= 4 is 12.2 Å². The second-order valence-corrected chi connectivity index (χ2v) is 46.7. The van der Waals surface area contributed by atoms with E-state index in [0.717, 1.165) is 61.4 Å². The molecule has 5 fully saturated rings. The van der Waals surface area contributed by atoms with Crippen molar-refractivity contribution in [3.05, 3.63) is 96.1 Å². The van der Waals surface area contributed by atoms with Crippen molar-refractivity contribution in [3.63, 3.8) is 0 Å². The number of hydrogen-bond acceptors (Lipinski definition) is 17. The fraction of sp³-hybridized carbons (Fsp3) is 0.841. The quantitative estimate of drug-likeness (QED) is 0.0514. The number of benzene rings is 1. The van der Waals surface area contributed by atoms with E-state index in [-0.39, 0.29) is 70.3 Å². The summed E-state index contributed by atoms with van der Waals surface area (Å²) in [6.45, 7) is 87.7. The summed E-state index contributed by atoms with van der Waals surface area (Å²) in [4.78, 5) is 34.7. The lowest BCUT2D eigenvalue weighted by Gasteiger charge is -2.38. The Morgan fingerprint density at radius 2 is 0.735 bits per heavy atom. The number of likely N-dealkylation sites (tertiary alicyclic amines) is 1. The van der Waals surface area contributed by atoms with Crippen molar-refractivity contribution in [2.75, 3.05) is 74.9 Å². The molecule has 1 saturated heterocycles. The van der Waals surface area contributed by atoms with Gasteiger partial charge >= 0.3 is 12.2 Å². The molecule has 5 aliphatic rings. The summed E-state index contributed by atoms with van der Waals surface area (Å²) in [6, 6.07) is 19.7. The average molecular weight is 1870 g/mol. The van der Waals surface area contributed by atoms with E-state index < -0.39 is 11.2 Å². The first kappa shape index (κ1) is 130. The lowest BCUT2D eigenvalue weighted by atomic mass is 9.77. The molecular weight excluding hydrogens is 1650 g/mol. The van der Waals surface area contributed by atoms with Crippen molar-refractivity contribution in [2.24, 2.45) is 105 Å². The van der Waals surface area contributed by atoms with Gasteiger partial charge in [-0.15, -0.1) is 0 Å². The molecule has 2 aromatic heterocycles. The second-order valence-electron chi connectivity index (χ2n) is 46.7. The lowest BCUT2D eigenvalue weighted by Crippen LogP contribution is -2.46. The maximum atomic E-state index is 11.7.